The maximum atomic E-state index is 5.42. The largest absolute Gasteiger partial charge is 0.309 e. The van der Waals surface area contributed by atoms with E-state index in [0.29, 0.717) is 17.5 Å². The quantitative estimate of drug-likeness (QED) is 0.142. The molecule has 3 aromatic heterocycles. The Hall–Kier alpha value is -9.84. The highest BCUT2D eigenvalue weighted by Gasteiger charge is 2.17. The lowest BCUT2D eigenvalue weighted by molar-refractivity contribution is 1.07. The summed E-state index contributed by atoms with van der Waals surface area (Å²) < 4.78 is 2.37. The number of fused-ring (bicyclic) bond motifs is 8. The van der Waals surface area contributed by atoms with Gasteiger partial charge in [-0.25, -0.2) is 19.9 Å². The third-order valence-electron chi connectivity index (χ3n) is 14.3. The van der Waals surface area contributed by atoms with Crippen LogP contribution in [0, 0.1) is 0 Å². The van der Waals surface area contributed by atoms with E-state index in [0.717, 1.165) is 83.3 Å². The molecule has 0 bridgehead atoms. The second-order valence-corrected chi connectivity index (χ2v) is 18.6. The summed E-state index contributed by atoms with van der Waals surface area (Å²) >= 11 is 0. The van der Waals surface area contributed by atoms with Crippen LogP contribution in [0.1, 0.15) is 0 Å². The van der Waals surface area contributed by atoms with Crippen molar-refractivity contribution in [3.63, 3.8) is 0 Å². The Bertz CT molecular complexity index is 4340. The van der Waals surface area contributed by atoms with Crippen molar-refractivity contribution in [3.8, 4) is 84.5 Å². The number of hydrogen-bond donors (Lipinski definition) is 0. The summed E-state index contributed by atoms with van der Waals surface area (Å²) in [5, 5.41) is 8.41. The fourth-order valence-electron chi connectivity index (χ4n) is 10.6. The van der Waals surface area contributed by atoms with E-state index in [2.05, 4.69) is 229 Å². The van der Waals surface area contributed by atoms with Crippen molar-refractivity contribution < 1.29 is 0 Å². The van der Waals surface area contributed by atoms with E-state index in [1.807, 2.05) is 36.4 Å². The summed E-state index contributed by atoms with van der Waals surface area (Å²) in [6.07, 6.45) is 0. The molecule has 14 aromatic rings. The number of nitrogens with zero attached hydrogens (tertiary/aromatic N) is 5. The van der Waals surface area contributed by atoms with E-state index in [1.165, 1.54) is 38.0 Å². The van der Waals surface area contributed by atoms with Crippen LogP contribution in [0.4, 0.5) is 0 Å². The molecule has 5 heteroatoms. The van der Waals surface area contributed by atoms with Crippen LogP contribution in [0.15, 0.2) is 261 Å². The van der Waals surface area contributed by atoms with E-state index in [1.54, 1.807) is 0 Å². The van der Waals surface area contributed by atoms with Crippen molar-refractivity contribution in [1.82, 2.24) is 24.5 Å². The number of hydrogen-bond acceptors (Lipinski definition) is 4. The highest BCUT2D eigenvalue weighted by Crippen LogP contribution is 2.40. The molecule has 3 heterocycles. The van der Waals surface area contributed by atoms with Crippen molar-refractivity contribution in [2.75, 3.05) is 0 Å². The van der Waals surface area contributed by atoms with Gasteiger partial charge in [0.1, 0.15) is 0 Å². The van der Waals surface area contributed by atoms with Gasteiger partial charge >= 0.3 is 0 Å². The van der Waals surface area contributed by atoms with Crippen molar-refractivity contribution in [2.24, 2.45) is 0 Å². The summed E-state index contributed by atoms with van der Waals surface area (Å²) in [4.78, 5) is 20.5. The highest BCUT2D eigenvalue weighted by molar-refractivity contribution is 6.23. The van der Waals surface area contributed by atoms with Crippen LogP contribution in [0.25, 0.3) is 139 Å². The molecule has 0 unspecified atom stereocenters. The number of para-hydroxylation sites is 2. The standard InChI is InChI=1S/C68H43N5/c1-3-14-44(15-4-1)52-19-13-20-54(42-52)68-71-66(50-17-5-2-6-18-50)70-67(72-68)51-32-28-46(29-33-51)45-26-30-49(31-27-45)65-59-40-36-48-16-7-8-21-56(48)64(59)60-43-53(37-41-61(60)69-65)47-34-38-55(39-35-47)73-62-24-11-9-22-57(62)58-23-10-12-25-63(58)73/h1-43H. The SMILES string of the molecule is c1ccc(-c2cccc(-c3nc(-c4ccccc4)nc(-c4ccc(-c5ccc(-c6nc7ccc(-c8ccc(-n9c%10ccccc%10c%10ccccc%109)cc8)cc7c7c6ccc6ccccc67)cc5)cc4)n3)c2)cc1. The van der Waals surface area contributed by atoms with Crippen molar-refractivity contribution in [3.05, 3.63) is 261 Å². The Balaban J connectivity index is 0.797. The minimum atomic E-state index is 0.623. The molecule has 73 heavy (non-hydrogen) atoms. The second-order valence-electron chi connectivity index (χ2n) is 18.6. The molecule has 0 aliphatic rings. The molecule has 0 fully saturated rings. The lowest BCUT2D eigenvalue weighted by Gasteiger charge is -2.15. The lowest BCUT2D eigenvalue weighted by Crippen LogP contribution is -2.00. The third kappa shape index (κ3) is 7.50. The summed E-state index contributed by atoms with van der Waals surface area (Å²) in [6, 6.07) is 92.4. The first-order valence-corrected chi connectivity index (χ1v) is 24.7. The summed E-state index contributed by atoms with van der Waals surface area (Å²) in [5.74, 6) is 1.89. The van der Waals surface area contributed by atoms with E-state index in [-0.39, 0.29) is 0 Å². The fraction of sp³-hybridized carbons (Fsp3) is 0. The van der Waals surface area contributed by atoms with Gasteiger partial charge in [0.05, 0.1) is 22.2 Å². The van der Waals surface area contributed by atoms with Crippen LogP contribution in [0.5, 0.6) is 0 Å². The molecule has 0 saturated carbocycles. The predicted octanol–water partition coefficient (Wildman–Crippen LogP) is 17.5. The molecule has 0 aliphatic heterocycles. The molecule has 11 aromatic carbocycles. The zero-order valence-electron chi connectivity index (χ0n) is 39.6. The number of aromatic nitrogens is 5. The number of rotatable bonds is 8. The first kappa shape index (κ1) is 42.1. The smallest absolute Gasteiger partial charge is 0.164 e. The van der Waals surface area contributed by atoms with Gasteiger partial charge in [0.2, 0.25) is 0 Å². The van der Waals surface area contributed by atoms with Crippen LogP contribution in [-0.4, -0.2) is 24.5 Å². The molecule has 0 atom stereocenters. The minimum absolute atomic E-state index is 0.623. The van der Waals surface area contributed by atoms with Gasteiger partial charge in [-0.3, -0.25) is 0 Å². The van der Waals surface area contributed by atoms with Crippen LogP contribution >= 0.6 is 0 Å². The van der Waals surface area contributed by atoms with Gasteiger partial charge < -0.3 is 4.57 Å². The Labute approximate surface area is 422 Å². The highest BCUT2D eigenvalue weighted by atomic mass is 15.0. The number of pyridine rings is 1. The zero-order valence-corrected chi connectivity index (χ0v) is 39.6. The van der Waals surface area contributed by atoms with Crippen molar-refractivity contribution in [1.29, 1.82) is 0 Å². The molecule has 0 aliphatic carbocycles. The summed E-state index contributed by atoms with van der Waals surface area (Å²) in [6.45, 7) is 0. The molecule has 5 nitrogen and oxygen atoms in total. The van der Waals surface area contributed by atoms with Gasteiger partial charge in [0.15, 0.2) is 17.5 Å². The first-order valence-electron chi connectivity index (χ1n) is 24.7. The molecule has 0 N–H and O–H groups in total. The average Bonchev–Trinajstić information content (AvgIpc) is 3.81. The Kier molecular flexibility index (Phi) is 10.1. The monoisotopic (exact) mass is 929 g/mol. The van der Waals surface area contributed by atoms with Gasteiger partial charge in [-0.2, -0.15) is 0 Å². The first-order chi connectivity index (χ1) is 36.2. The van der Waals surface area contributed by atoms with Crippen LogP contribution in [0.3, 0.4) is 0 Å². The van der Waals surface area contributed by atoms with Gasteiger partial charge in [0.25, 0.3) is 0 Å². The van der Waals surface area contributed by atoms with E-state index >= 15 is 0 Å². The molecule has 0 spiro atoms. The lowest BCUT2D eigenvalue weighted by atomic mass is 9.93. The van der Waals surface area contributed by atoms with E-state index in [9.17, 15) is 0 Å². The Morgan fingerprint density at radius 1 is 0.247 bits per heavy atom. The summed E-state index contributed by atoms with van der Waals surface area (Å²) in [5.41, 5.74) is 16.1. The minimum Gasteiger partial charge on any atom is -0.309 e. The Morgan fingerprint density at radius 3 is 1.37 bits per heavy atom. The van der Waals surface area contributed by atoms with E-state index < -0.39 is 0 Å². The molecule has 0 amide bonds. The third-order valence-corrected chi connectivity index (χ3v) is 14.3. The van der Waals surface area contributed by atoms with E-state index in [4.69, 9.17) is 19.9 Å². The second kappa shape index (κ2) is 17.5. The molecular weight excluding hydrogens is 887 g/mol. The van der Waals surface area contributed by atoms with Gasteiger partial charge in [-0.05, 0) is 86.6 Å². The topological polar surface area (TPSA) is 56.5 Å². The fourth-order valence-corrected chi connectivity index (χ4v) is 10.6. The van der Waals surface area contributed by atoms with Crippen molar-refractivity contribution in [2.45, 2.75) is 0 Å². The maximum Gasteiger partial charge on any atom is 0.164 e. The molecule has 14 rings (SSSR count). The normalized spacial score (nSPS) is 11.6. The Morgan fingerprint density at radius 2 is 0.699 bits per heavy atom. The van der Waals surface area contributed by atoms with Crippen molar-refractivity contribution >= 4 is 54.3 Å². The van der Waals surface area contributed by atoms with Crippen LogP contribution < -0.4 is 0 Å². The average molecular weight is 930 g/mol. The van der Waals surface area contributed by atoms with Gasteiger partial charge in [0, 0.05) is 54.9 Å². The molecular formula is C68H43N5. The molecule has 340 valence electrons. The van der Waals surface area contributed by atoms with Gasteiger partial charge in [-0.15, -0.1) is 0 Å². The van der Waals surface area contributed by atoms with Crippen LogP contribution in [-0.2, 0) is 0 Å². The van der Waals surface area contributed by atoms with Gasteiger partial charge in [-0.1, -0.05) is 218 Å². The molecule has 0 radical (unpaired) electrons. The summed E-state index contributed by atoms with van der Waals surface area (Å²) in [7, 11) is 0. The number of benzene rings is 11. The van der Waals surface area contributed by atoms with Crippen LogP contribution in [0.2, 0.25) is 0 Å². The predicted molar refractivity (Wildman–Crippen MR) is 303 cm³/mol. The maximum absolute atomic E-state index is 5.42. The molecule has 0 saturated heterocycles. The zero-order chi connectivity index (χ0) is 48.2.